The third-order valence-electron chi connectivity index (χ3n) is 6.60. The summed E-state index contributed by atoms with van der Waals surface area (Å²) < 4.78 is 0. The molecule has 0 aromatic heterocycles. The molecule has 3 amide bonds. The summed E-state index contributed by atoms with van der Waals surface area (Å²) in [6.07, 6.45) is 2.22. The molecular formula is C26H42N10O5. The van der Waals surface area contributed by atoms with Crippen molar-refractivity contribution in [3.63, 3.8) is 0 Å². The second-order valence-corrected chi connectivity index (χ2v) is 9.84. The van der Waals surface area contributed by atoms with Crippen LogP contribution in [-0.4, -0.2) is 89.4 Å². The number of nitrogens with zero attached hydrogens (tertiary/aromatic N) is 3. The predicted octanol–water partition coefficient (Wildman–Crippen LogP) is -2.29. The summed E-state index contributed by atoms with van der Waals surface area (Å²) in [4.78, 5) is 60.7. The first kappa shape index (κ1) is 32.8. The lowest BCUT2D eigenvalue weighted by atomic mass is 10.0. The Hall–Kier alpha value is -4.40. The Labute approximate surface area is 239 Å². The first-order valence-electron chi connectivity index (χ1n) is 13.5. The smallest absolute Gasteiger partial charge is 0.326 e. The third-order valence-corrected chi connectivity index (χ3v) is 6.60. The number of hydrogen-bond donors (Lipinski definition) is 8. The second-order valence-electron chi connectivity index (χ2n) is 9.84. The van der Waals surface area contributed by atoms with Gasteiger partial charge in [-0.25, -0.2) is 4.79 Å². The number of carboxylic acids is 1. The van der Waals surface area contributed by atoms with Gasteiger partial charge < -0.3 is 49.3 Å². The van der Waals surface area contributed by atoms with Crippen molar-refractivity contribution in [3.8, 4) is 0 Å². The highest BCUT2D eigenvalue weighted by Gasteiger charge is 2.38. The number of amides is 3. The Bertz CT molecular complexity index is 1090. The fraction of sp³-hybridized carbons (Fsp3) is 0.538. The van der Waals surface area contributed by atoms with Gasteiger partial charge in [-0.3, -0.25) is 24.4 Å². The maximum absolute atomic E-state index is 13.6. The Kier molecular flexibility index (Phi) is 13.3. The van der Waals surface area contributed by atoms with Gasteiger partial charge >= 0.3 is 5.97 Å². The van der Waals surface area contributed by atoms with Crippen molar-refractivity contribution in [1.82, 2.24) is 15.5 Å². The second kappa shape index (κ2) is 16.6. The Morgan fingerprint density at radius 2 is 1.49 bits per heavy atom. The van der Waals surface area contributed by atoms with Gasteiger partial charge in [-0.1, -0.05) is 30.3 Å². The molecular weight excluding hydrogens is 532 g/mol. The zero-order valence-electron chi connectivity index (χ0n) is 23.1. The van der Waals surface area contributed by atoms with Gasteiger partial charge in [-0.15, -0.1) is 0 Å². The molecule has 1 aromatic carbocycles. The normalized spacial score (nSPS) is 16.6. The number of benzene rings is 1. The number of carbonyl (C=O) groups excluding carboxylic acids is 3. The van der Waals surface area contributed by atoms with E-state index >= 15 is 0 Å². The molecule has 13 N–H and O–H groups in total. The highest BCUT2D eigenvalue weighted by Crippen LogP contribution is 2.20. The van der Waals surface area contributed by atoms with E-state index in [1.807, 2.05) is 6.07 Å². The minimum absolute atomic E-state index is 0.0615. The molecule has 1 aliphatic heterocycles. The van der Waals surface area contributed by atoms with Crippen LogP contribution in [0.5, 0.6) is 0 Å². The largest absolute Gasteiger partial charge is 0.480 e. The minimum Gasteiger partial charge on any atom is -0.480 e. The number of guanidine groups is 2. The van der Waals surface area contributed by atoms with Gasteiger partial charge in [0.15, 0.2) is 11.9 Å². The average Bonchev–Trinajstić information content (AvgIpc) is 3.42. The summed E-state index contributed by atoms with van der Waals surface area (Å²) >= 11 is 0. The summed E-state index contributed by atoms with van der Waals surface area (Å²) in [5.41, 5.74) is 28.2. The molecule has 0 saturated carbocycles. The molecule has 1 fully saturated rings. The van der Waals surface area contributed by atoms with Crippen LogP contribution >= 0.6 is 0 Å². The summed E-state index contributed by atoms with van der Waals surface area (Å²) in [6.45, 7) is 0.771. The van der Waals surface area contributed by atoms with E-state index in [1.165, 1.54) is 4.90 Å². The quantitative estimate of drug-likeness (QED) is 0.0594. The highest BCUT2D eigenvalue weighted by molar-refractivity contribution is 5.94. The van der Waals surface area contributed by atoms with E-state index in [0.29, 0.717) is 32.2 Å². The average molecular weight is 575 g/mol. The number of likely N-dealkylation sites (tertiary alicyclic amines) is 1. The molecule has 15 heteroatoms. The van der Waals surface area contributed by atoms with Crippen LogP contribution in [0, 0.1) is 0 Å². The van der Waals surface area contributed by atoms with Gasteiger partial charge in [-0.2, -0.15) is 0 Å². The van der Waals surface area contributed by atoms with Gasteiger partial charge in [0.2, 0.25) is 17.7 Å². The molecule has 1 saturated heterocycles. The fourth-order valence-electron chi connectivity index (χ4n) is 4.51. The number of carbonyl (C=O) groups is 4. The van der Waals surface area contributed by atoms with Crippen molar-refractivity contribution in [3.05, 3.63) is 35.9 Å². The van der Waals surface area contributed by atoms with E-state index in [1.54, 1.807) is 24.3 Å². The van der Waals surface area contributed by atoms with E-state index < -0.39 is 47.9 Å². The molecule has 4 atom stereocenters. The van der Waals surface area contributed by atoms with Crippen LogP contribution in [0.15, 0.2) is 40.3 Å². The Balaban J connectivity index is 2.20. The lowest BCUT2D eigenvalue weighted by Gasteiger charge is -2.29. The number of aliphatic carboxylic acids is 1. The van der Waals surface area contributed by atoms with Crippen LogP contribution in [0.3, 0.4) is 0 Å². The molecule has 15 nitrogen and oxygen atoms in total. The third kappa shape index (κ3) is 11.3. The number of nitrogens with two attached hydrogens (primary N) is 5. The molecule has 4 unspecified atom stereocenters. The zero-order valence-corrected chi connectivity index (χ0v) is 23.1. The van der Waals surface area contributed by atoms with Crippen molar-refractivity contribution in [1.29, 1.82) is 0 Å². The topological polar surface area (TPSA) is 271 Å². The molecule has 41 heavy (non-hydrogen) atoms. The van der Waals surface area contributed by atoms with Gasteiger partial charge in [0.1, 0.15) is 18.1 Å². The lowest BCUT2D eigenvalue weighted by Crippen LogP contribution is -2.57. The molecule has 1 aliphatic rings. The number of nitrogens with one attached hydrogen (secondary N) is 2. The van der Waals surface area contributed by atoms with Gasteiger partial charge in [-0.05, 0) is 44.1 Å². The highest BCUT2D eigenvalue weighted by atomic mass is 16.4. The molecule has 1 aromatic rings. The summed E-state index contributed by atoms with van der Waals surface area (Å²) in [5, 5.41) is 15.0. The number of aliphatic imine (C=N–C) groups is 2. The van der Waals surface area contributed by atoms with Crippen molar-refractivity contribution in [2.75, 3.05) is 19.6 Å². The number of carboxylic acid groups (broad SMARTS) is 1. The van der Waals surface area contributed by atoms with Gasteiger partial charge in [0, 0.05) is 26.1 Å². The van der Waals surface area contributed by atoms with Crippen LogP contribution in [0.1, 0.15) is 44.1 Å². The fourth-order valence-corrected chi connectivity index (χ4v) is 4.51. The van der Waals surface area contributed by atoms with E-state index in [-0.39, 0.29) is 44.3 Å². The molecule has 0 radical (unpaired) electrons. The standard InChI is InChI=1S/C26H42N10O5/c27-17(9-4-12-32-25(28)29)21(37)35-19(15-16-7-2-1-3-8-16)22(38)34-18(10-5-13-33-26(30)31)23(39)36-14-6-11-20(36)24(40)41/h1-3,7-8,17-20H,4-6,9-15,27H2,(H,34,38)(H,35,37)(H,40,41)(H4,28,29,32)(H4,30,31,33). The summed E-state index contributed by atoms with van der Waals surface area (Å²) in [6, 6.07) is 5.03. The van der Waals surface area contributed by atoms with Crippen LogP contribution in [0.2, 0.25) is 0 Å². The van der Waals surface area contributed by atoms with E-state index in [9.17, 15) is 24.3 Å². The molecule has 1 heterocycles. The van der Waals surface area contributed by atoms with Crippen LogP contribution in [0.25, 0.3) is 0 Å². The molecule has 226 valence electrons. The van der Waals surface area contributed by atoms with Crippen LogP contribution in [-0.2, 0) is 25.6 Å². The number of rotatable bonds is 16. The van der Waals surface area contributed by atoms with Crippen molar-refractivity contribution in [2.24, 2.45) is 38.7 Å². The lowest BCUT2D eigenvalue weighted by molar-refractivity contribution is -0.149. The van der Waals surface area contributed by atoms with Gasteiger partial charge in [0.05, 0.1) is 6.04 Å². The molecule has 0 aliphatic carbocycles. The first-order chi connectivity index (χ1) is 19.5. The maximum Gasteiger partial charge on any atom is 0.326 e. The van der Waals surface area contributed by atoms with Crippen LogP contribution < -0.4 is 39.3 Å². The van der Waals surface area contributed by atoms with Crippen LogP contribution in [0.4, 0.5) is 0 Å². The number of hydrogen-bond acceptors (Lipinski definition) is 7. The van der Waals surface area contributed by atoms with E-state index in [2.05, 4.69) is 20.6 Å². The van der Waals surface area contributed by atoms with Crippen molar-refractivity contribution < 1.29 is 24.3 Å². The van der Waals surface area contributed by atoms with Crippen molar-refractivity contribution >= 4 is 35.6 Å². The summed E-state index contributed by atoms with van der Waals surface area (Å²) in [7, 11) is 0. The predicted molar refractivity (Wildman–Crippen MR) is 154 cm³/mol. The maximum atomic E-state index is 13.6. The zero-order chi connectivity index (χ0) is 30.4. The molecule has 0 bridgehead atoms. The van der Waals surface area contributed by atoms with E-state index in [0.717, 1.165) is 5.56 Å². The van der Waals surface area contributed by atoms with Crippen molar-refractivity contribution in [2.45, 2.75) is 69.1 Å². The van der Waals surface area contributed by atoms with E-state index in [4.69, 9.17) is 28.7 Å². The van der Waals surface area contributed by atoms with Gasteiger partial charge in [0.25, 0.3) is 0 Å². The minimum atomic E-state index is -1.11. The first-order valence-corrected chi connectivity index (χ1v) is 13.5. The summed E-state index contributed by atoms with van der Waals surface area (Å²) in [5.74, 6) is -2.96. The monoisotopic (exact) mass is 574 g/mol. The SMILES string of the molecule is NC(N)=NCCCC(N)C(=O)NC(Cc1ccccc1)C(=O)NC(CCCN=C(N)N)C(=O)N1CCCC1C(=O)O. The molecule has 0 spiro atoms. The molecule has 2 rings (SSSR count). The Morgan fingerprint density at radius 3 is 2.07 bits per heavy atom. The Morgan fingerprint density at radius 1 is 0.902 bits per heavy atom.